The lowest BCUT2D eigenvalue weighted by molar-refractivity contribution is -0.196. The number of hydrogen-bond acceptors (Lipinski definition) is 5. The highest BCUT2D eigenvalue weighted by Gasteiger charge is 2.62. The molecule has 0 aromatic heterocycles. The van der Waals surface area contributed by atoms with Gasteiger partial charge in [-0.15, -0.1) is 0 Å². The summed E-state index contributed by atoms with van der Waals surface area (Å²) >= 11 is 0. The van der Waals surface area contributed by atoms with Crippen LogP contribution in [-0.2, 0) is 23.9 Å². The molecule has 0 amide bonds. The molecule has 1 saturated heterocycles. The molecule has 6 heteroatoms. The average molecular weight is 326 g/mol. The van der Waals surface area contributed by atoms with E-state index in [1.807, 2.05) is 20.8 Å². The first-order valence-corrected chi connectivity index (χ1v) is 8.07. The zero-order valence-corrected chi connectivity index (χ0v) is 14.4. The average Bonchev–Trinajstić information content (AvgIpc) is 2.69. The Hall–Kier alpha value is -1.59. The van der Waals surface area contributed by atoms with Crippen LogP contribution in [0.4, 0.5) is 0 Å². The monoisotopic (exact) mass is 326 g/mol. The highest BCUT2D eigenvalue weighted by molar-refractivity contribution is 5.81. The quantitative estimate of drug-likeness (QED) is 0.798. The van der Waals surface area contributed by atoms with E-state index in [-0.39, 0.29) is 30.1 Å². The first kappa shape index (κ1) is 17.8. The largest absolute Gasteiger partial charge is 0.481 e. The van der Waals surface area contributed by atoms with Crippen molar-refractivity contribution in [3.8, 4) is 0 Å². The molecule has 1 aliphatic heterocycles. The maximum absolute atomic E-state index is 12.1. The summed E-state index contributed by atoms with van der Waals surface area (Å²) in [6.45, 7) is 9.55. The van der Waals surface area contributed by atoms with E-state index in [2.05, 4.69) is 0 Å². The number of carbonyl (C=O) groups is 3. The molecule has 6 nitrogen and oxygen atoms in total. The number of ether oxygens (including phenoxy) is 2. The third-order valence-electron chi connectivity index (χ3n) is 4.98. The lowest BCUT2D eigenvalue weighted by Crippen LogP contribution is -2.51. The van der Waals surface area contributed by atoms with E-state index in [4.69, 9.17) is 9.47 Å². The second-order valence-corrected chi connectivity index (χ2v) is 8.39. The molecule has 130 valence electrons. The Bertz CT molecular complexity index is 516. The summed E-state index contributed by atoms with van der Waals surface area (Å²) in [4.78, 5) is 35.6. The smallest absolute Gasteiger partial charge is 0.312 e. The predicted molar refractivity (Wildman–Crippen MR) is 81.5 cm³/mol. The molecule has 2 fully saturated rings. The van der Waals surface area contributed by atoms with Crippen molar-refractivity contribution in [2.24, 2.45) is 22.7 Å². The molecule has 0 spiro atoms. The van der Waals surface area contributed by atoms with Crippen LogP contribution in [-0.4, -0.2) is 35.2 Å². The summed E-state index contributed by atoms with van der Waals surface area (Å²) in [5, 5.41) is 9.35. The van der Waals surface area contributed by atoms with E-state index in [0.717, 1.165) is 0 Å². The Kier molecular flexibility index (Phi) is 4.48. The van der Waals surface area contributed by atoms with Gasteiger partial charge in [0.15, 0.2) is 6.10 Å². The molecule has 0 aromatic rings. The molecule has 0 radical (unpaired) electrons. The Morgan fingerprint density at radius 1 is 1.35 bits per heavy atom. The lowest BCUT2D eigenvalue weighted by atomic mass is 9.75. The zero-order valence-electron chi connectivity index (χ0n) is 14.4. The van der Waals surface area contributed by atoms with E-state index in [1.165, 1.54) is 0 Å². The van der Waals surface area contributed by atoms with Crippen molar-refractivity contribution in [1.29, 1.82) is 0 Å². The first-order chi connectivity index (χ1) is 10.4. The number of carboxylic acid groups (broad SMARTS) is 1. The summed E-state index contributed by atoms with van der Waals surface area (Å²) in [6.07, 6.45) is -0.311. The Morgan fingerprint density at radius 2 is 1.96 bits per heavy atom. The predicted octanol–water partition coefficient (Wildman–Crippen LogP) is 2.40. The highest BCUT2D eigenvalue weighted by Crippen LogP contribution is 2.50. The van der Waals surface area contributed by atoms with Crippen LogP contribution < -0.4 is 0 Å². The van der Waals surface area contributed by atoms with E-state index in [0.29, 0.717) is 6.42 Å². The summed E-state index contributed by atoms with van der Waals surface area (Å²) in [7, 11) is 0. The van der Waals surface area contributed by atoms with Crippen LogP contribution in [0.2, 0.25) is 0 Å². The molecule has 1 aliphatic carbocycles. The molecule has 2 bridgehead atoms. The van der Waals surface area contributed by atoms with Crippen LogP contribution in [0.3, 0.4) is 0 Å². The van der Waals surface area contributed by atoms with Crippen molar-refractivity contribution in [1.82, 2.24) is 0 Å². The molecule has 23 heavy (non-hydrogen) atoms. The fraction of sp³-hybridized carbons (Fsp3) is 0.824. The minimum Gasteiger partial charge on any atom is -0.481 e. The van der Waals surface area contributed by atoms with Gasteiger partial charge in [-0.1, -0.05) is 20.8 Å². The molecular formula is C17H26O6. The topological polar surface area (TPSA) is 89.9 Å². The molecule has 1 saturated carbocycles. The van der Waals surface area contributed by atoms with E-state index >= 15 is 0 Å². The third-order valence-corrected chi connectivity index (χ3v) is 4.98. The van der Waals surface area contributed by atoms with Crippen LogP contribution in [0.5, 0.6) is 0 Å². The van der Waals surface area contributed by atoms with Crippen LogP contribution >= 0.6 is 0 Å². The highest BCUT2D eigenvalue weighted by atomic mass is 16.6. The van der Waals surface area contributed by atoms with Crippen molar-refractivity contribution in [2.45, 2.75) is 66.1 Å². The van der Waals surface area contributed by atoms with Gasteiger partial charge in [0.25, 0.3) is 0 Å². The molecular weight excluding hydrogens is 300 g/mol. The van der Waals surface area contributed by atoms with Gasteiger partial charge in [0.2, 0.25) is 0 Å². The van der Waals surface area contributed by atoms with Gasteiger partial charge in [0.05, 0.1) is 11.3 Å². The van der Waals surface area contributed by atoms with Gasteiger partial charge >= 0.3 is 17.9 Å². The van der Waals surface area contributed by atoms with Gasteiger partial charge < -0.3 is 14.6 Å². The Morgan fingerprint density at radius 3 is 2.48 bits per heavy atom. The van der Waals surface area contributed by atoms with Gasteiger partial charge in [0.1, 0.15) is 6.10 Å². The summed E-state index contributed by atoms with van der Waals surface area (Å²) in [5.41, 5.74) is -0.838. The van der Waals surface area contributed by atoms with Crippen LogP contribution in [0.15, 0.2) is 0 Å². The minimum atomic E-state index is -1.02. The summed E-state index contributed by atoms with van der Waals surface area (Å²) < 4.78 is 10.9. The standard InChI is InChI=1S/C17H26O6/c1-16(2,3)7-6-11(18)22-13-10-8-9(14(19)20)12(13)23-15(21)17(10,4)5/h9-10,12-13H,6-8H2,1-5H3,(H,19,20). The third kappa shape index (κ3) is 3.51. The second kappa shape index (κ2) is 5.80. The maximum atomic E-state index is 12.1. The van der Waals surface area contributed by atoms with Gasteiger partial charge in [-0.2, -0.15) is 0 Å². The van der Waals surface area contributed by atoms with Crippen LogP contribution in [0.1, 0.15) is 53.9 Å². The molecule has 1 N–H and O–H groups in total. The number of rotatable bonds is 4. The minimum absolute atomic E-state index is 0.0138. The molecule has 4 unspecified atom stereocenters. The molecule has 1 heterocycles. The molecule has 0 aromatic carbocycles. The molecule has 2 aliphatic rings. The van der Waals surface area contributed by atoms with Crippen LogP contribution in [0, 0.1) is 22.7 Å². The Labute approximate surface area is 136 Å². The fourth-order valence-corrected chi connectivity index (χ4v) is 3.36. The fourth-order valence-electron chi connectivity index (χ4n) is 3.36. The lowest BCUT2D eigenvalue weighted by Gasteiger charge is -2.39. The summed E-state index contributed by atoms with van der Waals surface area (Å²) in [5.74, 6) is -2.93. The van der Waals surface area contributed by atoms with Gasteiger partial charge in [0, 0.05) is 12.3 Å². The van der Waals surface area contributed by atoms with E-state index in [9.17, 15) is 19.5 Å². The second-order valence-electron chi connectivity index (χ2n) is 8.39. The number of carbonyl (C=O) groups excluding carboxylic acids is 2. The van der Waals surface area contributed by atoms with E-state index < -0.39 is 35.5 Å². The Balaban J connectivity index is 2.13. The van der Waals surface area contributed by atoms with E-state index in [1.54, 1.807) is 13.8 Å². The van der Waals surface area contributed by atoms with Crippen molar-refractivity contribution >= 4 is 17.9 Å². The van der Waals surface area contributed by atoms with Gasteiger partial charge in [-0.3, -0.25) is 14.4 Å². The number of carboxylic acids is 1. The summed E-state index contributed by atoms with van der Waals surface area (Å²) in [6, 6.07) is 0. The number of hydrogen-bond donors (Lipinski definition) is 1. The van der Waals surface area contributed by atoms with Crippen molar-refractivity contribution < 1.29 is 29.0 Å². The van der Waals surface area contributed by atoms with Crippen molar-refractivity contribution in [3.63, 3.8) is 0 Å². The number of aliphatic carboxylic acids is 1. The maximum Gasteiger partial charge on any atom is 0.312 e. The van der Waals surface area contributed by atoms with Crippen molar-refractivity contribution in [2.75, 3.05) is 0 Å². The van der Waals surface area contributed by atoms with Gasteiger partial charge in [-0.05, 0) is 32.1 Å². The zero-order chi connectivity index (χ0) is 17.6. The van der Waals surface area contributed by atoms with Crippen molar-refractivity contribution in [3.05, 3.63) is 0 Å². The van der Waals surface area contributed by atoms with Gasteiger partial charge in [-0.25, -0.2) is 0 Å². The normalized spacial score (nSPS) is 32.3. The number of esters is 2. The SMILES string of the molecule is CC(C)(C)CCC(=O)OC1C2OC(=O)C(C)(C)C1CC2C(=O)O. The van der Waals surface area contributed by atoms with Crippen LogP contribution in [0.25, 0.3) is 0 Å². The molecule has 4 atom stereocenters. The first-order valence-electron chi connectivity index (χ1n) is 8.07. The number of fused-ring (bicyclic) bond motifs is 2. The molecule has 2 rings (SSSR count).